The normalized spacial score (nSPS) is 13.7. The molecule has 0 aliphatic rings. The van der Waals surface area contributed by atoms with Crippen molar-refractivity contribution in [2.75, 3.05) is 6.54 Å². The summed E-state index contributed by atoms with van der Waals surface area (Å²) in [4.78, 5) is 6.46. The molecule has 0 aliphatic carbocycles. The molecule has 3 N–H and O–H groups in total. The zero-order valence-corrected chi connectivity index (χ0v) is 11.3. The molecule has 0 aromatic carbocycles. The van der Waals surface area contributed by atoms with Crippen molar-refractivity contribution in [3.05, 3.63) is 34.4 Å². The highest BCUT2D eigenvalue weighted by atomic mass is 32.2. The molecule has 6 nitrogen and oxygen atoms in total. The Morgan fingerprint density at radius 2 is 2.39 bits per heavy atom. The van der Waals surface area contributed by atoms with Crippen LogP contribution >= 0.6 is 11.3 Å². The smallest absolute Gasteiger partial charge is 0.257 e. The van der Waals surface area contributed by atoms with E-state index in [0.717, 1.165) is 0 Å². The third-order valence-electron chi connectivity index (χ3n) is 2.36. The van der Waals surface area contributed by atoms with Crippen LogP contribution in [0.25, 0.3) is 0 Å². The maximum absolute atomic E-state index is 11.8. The third kappa shape index (κ3) is 2.96. The van der Waals surface area contributed by atoms with Crippen molar-refractivity contribution < 1.29 is 13.5 Å². The molecule has 18 heavy (non-hydrogen) atoms. The van der Waals surface area contributed by atoms with Gasteiger partial charge in [-0.2, -0.15) is 11.3 Å². The van der Waals surface area contributed by atoms with E-state index < -0.39 is 16.1 Å². The van der Waals surface area contributed by atoms with Gasteiger partial charge >= 0.3 is 0 Å². The predicted molar refractivity (Wildman–Crippen MR) is 67.8 cm³/mol. The number of thiophene rings is 1. The van der Waals surface area contributed by atoms with Gasteiger partial charge in [0.1, 0.15) is 5.82 Å². The molecule has 8 heteroatoms. The minimum atomic E-state index is -3.65. The molecule has 0 bridgehead atoms. The lowest BCUT2D eigenvalue weighted by molar-refractivity contribution is 0.182. The van der Waals surface area contributed by atoms with Gasteiger partial charge in [-0.1, -0.05) is 0 Å². The number of H-pyrrole nitrogens is 1. The number of hydrogen-bond acceptors (Lipinski definition) is 5. The van der Waals surface area contributed by atoms with Gasteiger partial charge in [0.2, 0.25) is 0 Å². The molecule has 0 amide bonds. The zero-order chi connectivity index (χ0) is 13.2. The van der Waals surface area contributed by atoms with Crippen LogP contribution in [0.4, 0.5) is 0 Å². The Morgan fingerprint density at radius 1 is 1.61 bits per heavy atom. The van der Waals surface area contributed by atoms with Gasteiger partial charge in [-0.25, -0.2) is 18.1 Å². The topological polar surface area (TPSA) is 95.1 Å². The minimum absolute atomic E-state index is 0.00230. The van der Waals surface area contributed by atoms with Crippen LogP contribution in [0, 0.1) is 6.92 Å². The third-order valence-corrected chi connectivity index (χ3v) is 4.40. The van der Waals surface area contributed by atoms with Crippen molar-refractivity contribution in [3.63, 3.8) is 0 Å². The molecule has 2 rings (SSSR count). The monoisotopic (exact) mass is 287 g/mol. The highest BCUT2D eigenvalue weighted by Gasteiger charge is 2.18. The zero-order valence-electron chi connectivity index (χ0n) is 9.62. The highest BCUT2D eigenvalue weighted by molar-refractivity contribution is 7.89. The van der Waals surface area contributed by atoms with Gasteiger partial charge in [-0.15, -0.1) is 0 Å². The molecule has 2 heterocycles. The second-order valence-corrected chi connectivity index (χ2v) is 6.27. The molecule has 2 aromatic rings. The van der Waals surface area contributed by atoms with Crippen molar-refractivity contribution >= 4 is 21.4 Å². The van der Waals surface area contributed by atoms with Crippen LogP contribution in [0.15, 0.2) is 28.0 Å². The van der Waals surface area contributed by atoms with Crippen LogP contribution < -0.4 is 4.72 Å². The Labute approximate surface area is 109 Å². The molecule has 0 saturated heterocycles. The van der Waals surface area contributed by atoms with Crippen molar-refractivity contribution in [2.24, 2.45) is 0 Å². The lowest BCUT2D eigenvalue weighted by atomic mass is 10.2. The second kappa shape index (κ2) is 5.19. The fourth-order valence-corrected chi connectivity index (χ4v) is 3.10. The number of rotatable bonds is 5. The summed E-state index contributed by atoms with van der Waals surface area (Å²) in [5.74, 6) is 0.522. The molecule has 1 atom stereocenters. The molecule has 0 saturated carbocycles. The number of hydrogen-bond donors (Lipinski definition) is 3. The number of aromatic nitrogens is 2. The molecule has 0 spiro atoms. The maximum atomic E-state index is 11.8. The maximum Gasteiger partial charge on any atom is 0.257 e. The molecule has 2 aromatic heterocycles. The SMILES string of the molecule is Cc1ncc(S(=O)(=O)NCC(O)c2ccsc2)[nH]1. The standard InChI is InChI=1S/C10H13N3O3S2/c1-7-11-5-10(13-7)18(15,16)12-4-9(14)8-2-3-17-6-8/h2-3,5-6,9,12,14H,4H2,1H3,(H,11,13). The number of sulfonamides is 1. The van der Waals surface area contributed by atoms with Crippen LogP contribution in [-0.4, -0.2) is 30.0 Å². The van der Waals surface area contributed by atoms with E-state index in [-0.39, 0.29) is 11.6 Å². The van der Waals surface area contributed by atoms with E-state index in [9.17, 15) is 13.5 Å². The molecule has 98 valence electrons. The van der Waals surface area contributed by atoms with E-state index in [1.807, 2.05) is 5.38 Å². The number of nitrogens with one attached hydrogen (secondary N) is 2. The first-order valence-corrected chi connectivity index (χ1v) is 7.63. The quantitative estimate of drug-likeness (QED) is 0.757. The summed E-state index contributed by atoms with van der Waals surface area (Å²) >= 11 is 1.45. The largest absolute Gasteiger partial charge is 0.387 e. The fraction of sp³-hybridized carbons (Fsp3) is 0.300. The Hall–Kier alpha value is -1.22. The Balaban J connectivity index is 2.02. The minimum Gasteiger partial charge on any atom is -0.387 e. The van der Waals surface area contributed by atoms with Crippen LogP contribution in [0.3, 0.4) is 0 Å². The predicted octanol–water partition coefficient (Wildman–Crippen LogP) is 0.792. The first-order valence-electron chi connectivity index (χ1n) is 5.20. The van der Waals surface area contributed by atoms with Gasteiger partial charge in [0.25, 0.3) is 10.0 Å². The number of aliphatic hydroxyl groups is 1. The number of aromatic amines is 1. The fourth-order valence-electron chi connectivity index (χ4n) is 1.38. The summed E-state index contributed by atoms with van der Waals surface area (Å²) in [7, 11) is -3.65. The molecule has 0 aliphatic heterocycles. The van der Waals surface area contributed by atoms with E-state index in [2.05, 4.69) is 14.7 Å². The Kier molecular flexibility index (Phi) is 3.81. The van der Waals surface area contributed by atoms with Crippen LogP contribution in [-0.2, 0) is 10.0 Å². The molecule has 0 fully saturated rings. The summed E-state index contributed by atoms with van der Waals surface area (Å²) in [5.41, 5.74) is 0.698. The van der Waals surface area contributed by atoms with E-state index >= 15 is 0 Å². The van der Waals surface area contributed by atoms with E-state index in [4.69, 9.17) is 0 Å². The molecular formula is C10H13N3O3S2. The van der Waals surface area contributed by atoms with Crippen molar-refractivity contribution in [1.82, 2.24) is 14.7 Å². The van der Waals surface area contributed by atoms with E-state index in [0.29, 0.717) is 11.4 Å². The average molecular weight is 287 g/mol. The molecule has 0 radical (unpaired) electrons. The van der Waals surface area contributed by atoms with Crippen molar-refractivity contribution in [2.45, 2.75) is 18.1 Å². The second-order valence-electron chi connectivity index (χ2n) is 3.76. The number of nitrogens with zero attached hydrogens (tertiary/aromatic N) is 1. The van der Waals surface area contributed by atoms with Crippen molar-refractivity contribution in [1.29, 1.82) is 0 Å². The Bertz CT molecular complexity index is 604. The van der Waals surface area contributed by atoms with Crippen LogP contribution in [0.5, 0.6) is 0 Å². The van der Waals surface area contributed by atoms with E-state index in [1.54, 1.807) is 18.4 Å². The van der Waals surface area contributed by atoms with Gasteiger partial charge in [-0.3, -0.25) is 0 Å². The summed E-state index contributed by atoms with van der Waals surface area (Å²) in [6.45, 7) is 1.59. The summed E-state index contributed by atoms with van der Waals surface area (Å²) in [6, 6.07) is 1.75. The van der Waals surface area contributed by atoms with Gasteiger partial charge in [0, 0.05) is 6.54 Å². The number of aryl methyl sites for hydroxylation is 1. The summed E-state index contributed by atoms with van der Waals surface area (Å²) < 4.78 is 26.0. The van der Waals surface area contributed by atoms with Gasteiger partial charge < -0.3 is 10.1 Å². The van der Waals surface area contributed by atoms with Gasteiger partial charge in [0.05, 0.1) is 12.3 Å². The highest BCUT2D eigenvalue weighted by Crippen LogP contribution is 2.16. The molecular weight excluding hydrogens is 274 g/mol. The van der Waals surface area contributed by atoms with Crippen LogP contribution in [0.1, 0.15) is 17.5 Å². The average Bonchev–Trinajstić information content (AvgIpc) is 2.96. The lowest BCUT2D eigenvalue weighted by Crippen LogP contribution is -2.28. The summed E-state index contributed by atoms with van der Waals surface area (Å²) in [5, 5.41) is 13.4. The van der Waals surface area contributed by atoms with Gasteiger partial charge in [0.15, 0.2) is 5.03 Å². The first kappa shape index (κ1) is 13.2. The van der Waals surface area contributed by atoms with Gasteiger partial charge in [-0.05, 0) is 29.3 Å². The first-order chi connectivity index (χ1) is 8.49. The number of imidazole rings is 1. The molecule has 1 unspecified atom stereocenters. The lowest BCUT2D eigenvalue weighted by Gasteiger charge is -2.09. The van der Waals surface area contributed by atoms with Crippen molar-refractivity contribution in [3.8, 4) is 0 Å². The Morgan fingerprint density at radius 3 is 2.94 bits per heavy atom. The van der Waals surface area contributed by atoms with E-state index in [1.165, 1.54) is 17.5 Å². The summed E-state index contributed by atoms with van der Waals surface area (Å²) in [6.07, 6.45) is 0.393. The number of aliphatic hydroxyl groups excluding tert-OH is 1. The van der Waals surface area contributed by atoms with Crippen LogP contribution in [0.2, 0.25) is 0 Å².